The highest BCUT2D eigenvalue weighted by Gasteiger charge is 2.37. The number of hydrogen-bond donors (Lipinski definition) is 2. The van der Waals surface area contributed by atoms with Crippen molar-refractivity contribution in [3.63, 3.8) is 0 Å². The highest BCUT2D eigenvalue weighted by Crippen LogP contribution is 2.36. The van der Waals surface area contributed by atoms with Crippen LogP contribution in [0.15, 0.2) is 73.1 Å². The molecule has 4 rings (SSSR count). The minimum Gasteiger partial charge on any atom is -0.349 e. The van der Waals surface area contributed by atoms with Crippen molar-refractivity contribution >= 4 is 29.0 Å². The van der Waals surface area contributed by atoms with Crippen LogP contribution in [0.4, 0.5) is 11.6 Å². The van der Waals surface area contributed by atoms with E-state index in [4.69, 9.17) is 12.2 Å². The number of thiocarbonyl (C=S) groups is 1. The van der Waals surface area contributed by atoms with E-state index in [2.05, 4.69) is 49.8 Å². The number of piperidine rings is 1. The number of benzene rings is 2. The monoisotopic (exact) mass is 403 g/mol. The molecule has 0 spiro atoms. The van der Waals surface area contributed by atoms with Crippen LogP contribution in [-0.2, 0) is 5.54 Å². The molecule has 0 bridgehead atoms. The van der Waals surface area contributed by atoms with Gasteiger partial charge in [0.2, 0.25) is 5.95 Å². The van der Waals surface area contributed by atoms with Gasteiger partial charge in [0.15, 0.2) is 5.11 Å². The van der Waals surface area contributed by atoms with Crippen LogP contribution in [0.25, 0.3) is 0 Å². The van der Waals surface area contributed by atoms with E-state index in [9.17, 15) is 0 Å². The van der Waals surface area contributed by atoms with Gasteiger partial charge in [-0.1, -0.05) is 48.5 Å². The van der Waals surface area contributed by atoms with E-state index in [1.807, 2.05) is 55.7 Å². The van der Waals surface area contributed by atoms with Gasteiger partial charge in [-0.25, -0.2) is 9.97 Å². The number of nitrogens with one attached hydrogen (secondary N) is 2. The van der Waals surface area contributed by atoms with Crippen LogP contribution in [0, 0.1) is 6.92 Å². The van der Waals surface area contributed by atoms with Crippen molar-refractivity contribution in [2.45, 2.75) is 25.3 Å². The van der Waals surface area contributed by atoms with Crippen LogP contribution in [0.5, 0.6) is 0 Å². The molecule has 0 radical (unpaired) electrons. The zero-order valence-corrected chi connectivity index (χ0v) is 17.3. The molecule has 3 aromatic rings. The summed E-state index contributed by atoms with van der Waals surface area (Å²) < 4.78 is 0. The van der Waals surface area contributed by atoms with Gasteiger partial charge in [0.1, 0.15) is 0 Å². The molecule has 2 N–H and O–H groups in total. The van der Waals surface area contributed by atoms with Gasteiger partial charge in [-0.05, 0) is 55.2 Å². The summed E-state index contributed by atoms with van der Waals surface area (Å²) in [4.78, 5) is 11.2. The van der Waals surface area contributed by atoms with Gasteiger partial charge in [0.25, 0.3) is 0 Å². The maximum atomic E-state index is 5.66. The lowest BCUT2D eigenvalue weighted by atomic mass is 9.81. The van der Waals surface area contributed by atoms with Crippen LogP contribution < -0.4 is 10.6 Å². The van der Waals surface area contributed by atoms with E-state index in [-0.39, 0.29) is 5.54 Å². The minimum atomic E-state index is -0.213. The van der Waals surface area contributed by atoms with Gasteiger partial charge in [-0.2, -0.15) is 0 Å². The van der Waals surface area contributed by atoms with Crippen molar-refractivity contribution in [2.75, 3.05) is 23.7 Å². The molecule has 1 saturated heterocycles. The van der Waals surface area contributed by atoms with E-state index >= 15 is 0 Å². The van der Waals surface area contributed by atoms with Gasteiger partial charge in [-0.3, -0.25) is 0 Å². The molecule has 2 aromatic carbocycles. The van der Waals surface area contributed by atoms with Crippen molar-refractivity contribution < 1.29 is 0 Å². The SMILES string of the molecule is Cc1cnc(NC2(c3ccccc3)CCN(C(=S)Nc3ccccc3)CC2)nc1. The van der Waals surface area contributed by atoms with E-state index in [0.29, 0.717) is 5.95 Å². The molecule has 0 atom stereocenters. The van der Waals surface area contributed by atoms with Crippen molar-refractivity contribution in [3.8, 4) is 0 Å². The molecule has 1 aromatic heterocycles. The zero-order chi connectivity index (χ0) is 20.1. The quantitative estimate of drug-likeness (QED) is 0.622. The molecule has 0 saturated carbocycles. The number of anilines is 2. The predicted molar refractivity (Wildman–Crippen MR) is 122 cm³/mol. The molecule has 0 amide bonds. The summed E-state index contributed by atoms with van der Waals surface area (Å²) in [5.74, 6) is 0.665. The fraction of sp³-hybridized carbons (Fsp3) is 0.261. The summed E-state index contributed by atoms with van der Waals surface area (Å²) in [6.07, 6.45) is 5.51. The molecular formula is C23H25N5S. The largest absolute Gasteiger partial charge is 0.349 e. The standard InChI is InChI=1S/C23H25N5S/c1-18-16-24-21(25-17-18)27-23(19-8-4-2-5-9-19)12-14-28(15-13-23)22(29)26-20-10-6-3-7-11-20/h2-11,16-17H,12-15H2,1H3,(H,26,29)(H,24,25,27). The Morgan fingerprint density at radius 1 is 0.931 bits per heavy atom. The van der Waals surface area contributed by atoms with E-state index in [1.165, 1.54) is 5.56 Å². The average Bonchev–Trinajstić information content (AvgIpc) is 2.77. The van der Waals surface area contributed by atoms with Crippen molar-refractivity contribution in [3.05, 3.63) is 84.2 Å². The third kappa shape index (κ3) is 4.54. The van der Waals surface area contributed by atoms with Crippen LogP contribution in [0.1, 0.15) is 24.0 Å². The molecule has 0 aliphatic carbocycles. The Kier molecular flexibility index (Phi) is 5.71. The first-order valence-corrected chi connectivity index (χ1v) is 10.3. The lowest BCUT2D eigenvalue weighted by molar-refractivity contribution is 0.250. The maximum absolute atomic E-state index is 5.66. The van der Waals surface area contributed by atoms with Gasteiger partial charge in [0, 0.05) is 31.2 Å². The van der Waals surface area contributed by atoms with Gasteiger partial charge < -0.3 is 15.5 Å². The van der Waals surface area contributed by atoms with Crippen LogP contribution in [-0.4, -0.2) is 33.1 Å². The molecule has 29 heavy (non-hydrogen) atoms. The molecule has 148 valence electrons. The van der Waals surface area contributed by atoms with Crippen molar-refractivity contribution in [1.82, 2.24) is 14.9 Å². The Bertz CT molecular complexity index is 936. The van der Waals surface area contributed by atoms with Crippen LogP contribution in [0.3, 0.4) is 0 Å². The van der Waals surface area contributed by atoms with Crippen LogP contribution >= 0.6 is 12.2 Å². The second-order valence-corrected chi connectivity index (χ2v) is 7.83. The van der Waals surface area contributed by atoms with Gasteiger partial charge in [-0.15, -0.1) is 0 Å². The average molecular weight is 404 g/mol. The highest BCUT2D eigenvalue weighted by molar-refractivity contribution is 7.80. The Morgan fingerprint density at radius 3 is 2.14 bits per heavy atom. The molecule has 2 heterocycles. The third-order valence-electron chi connectivity index (χ3n) is 5.39. The minimum absolute atomic E-state index is 0.213. The predicted octanol–water partition coefficient (Wildman–Crippen LogP) is 4.59. The highest BCUT2D eigenvalue weighted by atomic mass is 32.1. The number of aromatic nitrogens is 2. The summed E-state index contributed by atoms with van der Waals surface area (Å²) in [7, 11) is 0. The molecular weight excluding hydrogens is 378 g/mol. The first kappa shape index (κ1) is 19.3. The number of likely N-dealkylation sites (tertiary alicyclic amines) is 1. The lowest BCUT2D eigenvalue weighted by Gasteiger charge is -2.43. The summed E-state index contributed by atoms with van der Waals surface area (Å²) in [6, 6.07) is 20.7. The van der Waals surface area contributed by atoms with Crippen LogP contribution in [0.2, 0.25) is 0 Å². The van der Waals surface area contributed by atoms with Gasteiger partial charge >= 0.3 is 0 Å². The van der Waals surface area contributed by atoms with E-state index < -0.39 is 0 Å². The van der Waals surface area contributed by atoms with Gasteiger partial charge in [0.05, 0.1) is 5.54 Å². The number of hydrogen-bond acceptors (Lipinski definition) is 4. The molecule has 1 aliphatic heterocycles. The fourth-order valence-corrected chi connectivity index (χ4v) is 4.03. The summed E-state index contributed by atoms with van der Waals surface area (Å²) >= 11 is 5.66. The second-order valence-electron chi connectivity index (χ2n) is 7.44. The molecule has 0 unspecified atom stereocenters. The Balaban J connectivity index is 1.50. The fourth-order valence-electron chi connectivity index (χ4n) is 3.73. The molecule has 6 heteroatoms. The number of aryl methyl sites for hydroxylation is 1. The smallest absolute Gasteiger partial charge is 0.223 e. The Morgan fingerprint density at radius 2 is 1.52 bits per heavy atom. The molecule has 5 nitrogen and oxygen atoms in total. The molecule has 1 aliphatic rings. The molecule has 1 fully saturated rings. The summed E-state index contributed by atoms with van der Waals surface area (Å²) in [6.45, 7) is 3.70. The number of para-hydroxylation sites is 1. The summed E-state index contributed by atoms with van der Waals surface area (Å²) in [5, 5.41) is 7.75. The zero-order valence-electron chi connectivity index (χ0n) is 16.5. The topological polar surface area (TPSA) is 53.1 Å². The normalized spacial score (nSPS) is 15.6. The maximum Gasteiger partial charge on any atom is 0.223 e. The first-order valence-electron chi connectivity index (χ1n) is 9.88. The lowest BCUT2D eigenvalue weighted by Crippen LogP contribution is -2.50. The number of rotatable bonds is 4. The third-order valence-corrected chi connectivity index (χ3v) is 5.75. The van der Waals surface area contributed by atoms with E-state index in [1.54, 1.807) is 0 Å². The summed E-state index contributed by atoms with van der Waals surface area (Å²) in [5.41, 5.74) is 3.11. The van der Waals surface area contributed by atoms with Crippen molar-refractivity contribution in [1.29, 1.82) is 0 Å². The first-order chi connectivity index (χ1) is 14.1. The van der Waals surface area contributed by atoms with Crippen molar-refractivity contribution in [2.24, 2.45) is 0 Å². The Hall–Kier alpha value is -2.99. The number of nitrogens with zero attached hydrogens (tertiary/aromatic N) is 3. The Labute approximate surface area is 177 Å². The van der Waals surface area contributed by atoms with E-state index in [0.717, 1.165) is 42.3 Å². The second kappa shape index (κ2) is 8.57.